The highest BCUT2D eigenvalue weighted by atomic mass is 32.1. The molecule has 2 amide bonds. The highest BCUT2D eigenvalue weighted by Gasteiger charge is 2.42. The molecule has 0 bridgehead atoms. The second-order valence-electron chi connectivity index (χ2n) is 7.88. The van der Waals surface area contributed by atoms with Gasteiger partial charge in [0.2, 0.25) is 5.91 Å². The maximum Gasteiger partial charge on any atom is 0.407 e. The molecule has 2 aliphatic rings. The van der Waals surface area contributed by atoms with E-state index in [4.69, 9.17) is 4.74 Å². The van der Waals surface area contributed by atoms with Crippen LogP contribution in [0.4, 0.5) is 9.18 Å². The van der Waals surface area contributed by atoms with E-state index >= 15 is 0 Å². The van der Waals surface area contributed by atoms with Crippen molar-refractivity contribution in [2.24, 2.45) is 0 Å². The molecule has 0 radical (unpaired) electrons. The first-order chi connectivity index (χ1) is 15.4. The third-order valence-corrected chi connectivity index (χ3v) is 6.30. The molecule has 0 aromatic heterocycles. The normalized spacial score (nSPS) is 20.4. The minimum absolute atomic E-state index is 0.0708. The van der Waals surface area contributed by atoms with Crippen molar-refractivity contribution in [1.29, 1.82) is 0 Å². The molecule has 3 atom stereocenters. The molecule has 2 aromatic rings. The number of alkyl carbamates (subject to hydrolysis) is 1. The maximum absolute atomic E-state index is 13.7. The lowest BCUT2D eigenvalue weighted by Crippen LogP contribution is -2.52. The Balaban J connectivity index is 1.41. The number of amides is 2. The van der Waals surface area contributed by atoms with Gasteiger partial charge < -0.3 is 20.1 Å². The minimum Gasteiger partial charge on any atom is -0.480 e. The number of carboxylic acids is 1. The maximum atomic E-state index is 13.7. The Kier molecular flexibility index (Phi) is 6.36. The van der Waals surface area contributed by atoms with Gasteiger partial charge in [-0.15, -0.1) is 0 Å². The van der Waals surface area contributed by atoms with Crippen molar-refractivity contribution in [3.63, 3.8) is 0 Å². The monoisotopic (exact) mass is 458 g/mol. The van der Waals surface area contributed by atoms with Crippen molar-refractivity contribution in [3.8, 4) is 11.1 Å². The molecular weight excluding hydrogens is 435 g/mol. The van der Waals surface area contributed by atoms with Crippen LogP contribution < -0.4 is 5.32 Å². The predicted molar refractivity (Wildman–Crippen MR) is 118 cm³/mol. The molecular formula is C23H23FN2O5S. The van der Waals surface area contributed by atoms with Gasteiger partial charge in [0.15, 0.2) is 0 Å². The van der Waals surface area contributed by atoms with Crippen LogP contribution in [0.25, 0.3) is 11.1 Å². The number of fused-ring (bicyclic) bond motifs is 3. The first-order valence-corrected chi connectivity index (χ1v) is 10.9. The van der Waals surface area contributed by atoms with Gasteiger partial charge in [0.25, 0.3) is 0 Å². The van der Waals surface area contributed by atoms with Gasteiger partial charge >= 0.3 is 12.1 Å². The van der Waals surface area contributed by atoms with E-state index < -0.39 is 36.2 Å². The third kappa shape index (κ3) is 4.17. The van der Waals surface area contributed by atoms with Crippen LogP contribution in [-0.2, 0) is 14.3 Å². The van der Waals surface area contributed by atoms with Crippen LogP contribution in [0.15, 0.2) is 48.5 Å². The highest BCUT2D eigenvalue weighted by Crippen LogP contribution is 2.44. The first-order valence-electron chi connectivity index (χ1n) is 10.3. The van der Waals surface area contributed by atoms with Gasteiger partial charge in [-0.3, -0.25) is 4.79 Å². The van der Waals surface area contributed by atoms with Crippen LogP contribution in [0.2, 0.25) is 0 Å². The molecule has 2 N–H and O–H groups in total. The fourth-order valence-electron chi connectivity index (χ4n) is 4.43. The van der Waals surface area contributed by atoms with Gasteiger partial charge in [-0.25, -0.2) is 14.0 Å². The summed E-state index contributed by atoms with van der Waals surface area (Å²) in [5.74, 6) is -2.19. The second-order valence-corrected chi connectivity index (χ2v) is 8.25. The Hall–Kier alpha value is -3.07. The molecule has 168 valence electrons. The predicted octanol–water partition coefficient (Wildman–Crippen LogP) is 2.85. The number of benzene rings is 2. The number of alkyl halides is 1. The van der Waals surface area contributed by atoms with E-state index in [0.717, 1.165) is 27.2 Å². The zero-order chi connectivity index (χ0) is 22.8. The molecule has 32 heavy (non-hydrogen) atoms. The number of hydrogen-bond acceptors (Lipinski definition) is 5. The topological polar surface area (TPSA) is 95.9 Å². The van der Waals surface area contributed by atoms with Gasteiger partial charge in [0.05, 0.1) is 6.54 Å². The number of aliphatic carboxylic acids is 1. The van der Waals surface area contributed by atoms with Crippen molar-refractivity contribution < 1.29 is 28.6 Å². The molecule has 0 unspecified atom stereocenters. The number of thiol groups is 1. The Morgan fingerprint density at radius 2 is 1.72 bits per heavy atom. The zero-order valence-corrected chi connectivity index (χ0v) is 18.0. The summed E-state index contributed by atoms with van der Waals surface area (Å²) in [6.45, 7) is -0.256. The van der Waals surface area contributed by atoms with Gasteiger partial charge in [-0.05, 0) is 22.3 Å². The molecule has 1 aliphatic carbocycles. The number of carboxylic acid groups (broad SMARTS) is 1. The number of ether oxygens (including phenoxy) is 1. The van der Waals surface area contributed by atoms with Gasteiger partial charge in [0.1, 0.15) is 24.9 Å². The average Bonchev–Trinajstić information content (AvgIpc) is 3.34. The first kappa shape index (κ1) is 22.1. The highest BCUT2D eigenvalue weighted by molar-refractivity contribution is 7.80. The molecule has 4 rings (SSSR count). The van der Waals surface area contributed by atoms with Crippen LogP contribution in [-0.4, -0.2) is 65.1 Å². The Morgan fingerprint density at radius 1 is 1.12 bits per heavy atom. The van der Waals surface area contributed by atoms with Crippen molar-refractivity contribution in [3.05, 3.63) is 59.7 Å². The molecule has 1 fully saturated rings. The van der Waals surface area contributed by atoms with Crippen LogP contribution >= 0.6 is 12.6 Å². The van der Waals surface area contributed by atoms with Crippen molar-refractivity contribution >= 4 is 30.6 Å². The lowest BCUT2D eigenvalue weighted by Gasteiger charge is -2.26. The van der Waals surface area contributed by atoms with E-state index in [-0.39, 0.29) is 31.2 Å². The lowest BCUT2D eigenvalue weighted by molar-refractivity contribution is -0.148. The standard InChI is InChI=1S/C23H23FN2O5S/c24-13-9-20(22(28)29)26(10-13)21(27)19(12-32)25-23(30)31-11-18-16-7-3-1-5-14(16)15-6-2-4-8-17(15)18/h1-8,13,18-20,32H,9-12H2,(H,25,30)(H,28,29)/t13-,19-,20-/m0/s1. The van der Waals surface area contributed by atoms with E-state index in [2.05, 4.69) is 17.9 Å². The van der Waals surface area contributed by atoms with Gasteiger partial charge in [-0.1, -0.05) is 48.5 Å². The Morgan fingerprint density at radius 3 is 2.28 bits per heavy atom. The summed E-state index contributed by atoms with van der Waals surface area (Å²) < 4.78 is 19.2. The summed E-state index contributed by atoms with van der Waals surface area (Å²) in [7, 11) is 0. The summed E-state index contributed by atoms with van der Waals surface area (Å²) >= 11 is 4.10. The zero-order valence-electron chi connectivity index (χ0n) is 17.1. The number of hydrogen-bond donors (Lipinski definition) is 3. The fraction of sp³-hybridized carbons (Fsp3) is 0.348. The van der Waals surface area contributed by atoms with E-state index in [1.165, 1.54) is 0 Å². The van der Waals surface area contributed by atoms with Crippen LogP contribution in [0.3, 0.4) is 0 Å². The number of carbonyl (C=O) groups is 3. The molecule has 0 saturated carbocycles. The van der Waals surface area contributed by atoms with E-state index in [1.807, 2.05) is 48.5 Å². The lowest BCUT2D eigenvalue weighted by atomic mass is 9.98. The van der Waals surface area contributed by atoms with Crippen LogP contribution in [0.1, 0.15) is 23.5 Å². The van der Waals surface area contributed by atoms with E-state index in [9.17, 15) is 23.9 Å². The Labute approximate surface area is 190 Å². The van der Waals surface area contributed by atoms with Crippen molar-refractivity contribution in [2.45, 2.75) is 30.6 Å². The van der Waals surface area contributed by atoms with Gasteiger partial charge in [0, 0.05) is 18.1 Å². The fourth-order valence-corrected chi connectivity index (χ4v) is 4.68. The number of likely N-dealkylation sites (tertiary alicyclic amines) is 1. The van der Waals surface area contributed by atoms with E-state index in [0.29, 0.717) is 0 Å². The number of rotatable bonds is 6. The molecule has 7 nitrogen and oxygen atoms in total. The quantitative estimate of drug-likeness (QED) is 0.579. The number of nitrogens with zero attached hydrogens (tertiary/aromatic N) is 1. The minimum atomic E-state index is -1.42. The molecule has 9 heteroatoms. The molecule has 1 saturated heterocycles. The average molecular weight is 459 g/mol. The van der Waals surface area contributed by atoms with Crippen molar-refractivity contribution in [2.75, 3.05) is 18.9 Å². The second kappa shape index (κ2) is 9.20. The van der Waals surface area contributed by atoms with Crippen LogP contribution in [0.5, 0.6) is 0 Å². The molecule has 1 heterocycles. The molecule has 2 aromatic carbocycles. The number of carbonyl (C=O) groups excluding carboxylic acids is 2. The number of nitrogens with one attached hydrogen (secondary N) is 1. The number of halogens is 1. The summed E-state index contributed by atoms with van der Waals surface area (Å²) in [5, 5.41) is 11.7. The third-order valence-electron chi connectivity index (χ3n) is 5.93. The summed E-state index contributed by atoms with van der Waals surface area (Å²) in [5.41, 5.74) is 4.29. The van der Waals surface area contributed by atoms with Crippen LogP contribution in [0, 0.1) is 0 Å². The van der Waals surface area contributed by atoms with Crippen molar-refractivity contribution in [1.82, 2.24) is 10.2 Å². The summed E-state index contributed by atoms with van der Waals surface area (Å²) in [4.78, 5) is 37.5. The largest absolute Gasteiger partial charge is 0.480 e. The van der Waals surface area contributed by atoms with Gasteiger partial charge in [-0.2, -0.15) is 12.6 Å². The summed E-state index contributed by atoms with van der Waals surface area (Å²) in [6, 6.07) is 13.4. The molecule has 0 spiro atoms. The SMILES string of the molecule is O=C(N[C@@H](CS)C(=O)N1C[C@@H](F)C[C@H]1C(=O)O)OCC1c2ccccc2-c2ccccc21. The summed E-state index contributed by atoms with van der Waals surface area (Å²) in [6.07, 6.45) is -2.51. The van der Waals surface area contributed by atoms with E-state index in [1.54, 1.807) is 0 Å². The molecule has 1 aliphatic heterocycles. The Bertz CT molecular complexity index is 1000. The smallest absolute Gasteiger partial charge is 0.407 e.